The lowest BCUT2D eigenvalue weighted by Crippen LogP contribution is -2.12. The first-order valence-electron chi connectivity index (χ1n) is 9.77. The van der Waals surface area contributed by atoms with Crippen molar-refractivity contribution >= 4 is 5.97 Å². The maximum absolute atomic E-state index is 13.4. The van der Waals surface area contributed by atoms with E-state index in [1.165, 1.54) is 19.2 Å². The summed E-state index contributed by atoms with van der Waals surface area (Å²) < 4.78 is 29.9. The van der Waals surface area contributed by atoms with Gasteiger partial charge in [-0.1, -0.05) is 24.0 Å². The molecule has 1 aliphatic carbocycles. The molecule has 2 aromatic carbocycles. The van der Waals surface area contributed by atoms with E-state index in [1.54, 1.807) is 19.2 Å². The Labute approximate surface area is 171 Å². The first-order valence-corrected chi connectivity index (χ1v) is 9.77. The number of hydrogen-bond acceptors (Lipinski definition) is 4. The summed E-state index contributed by atoms with van der Waals surface area (Å²) in [5, 5.41) is 0. The summed E-state index contributed by atoms with van der Waals surface area (Å²) in [4.78, 5) is 11.9. The smallest absolute Gasteiger partial charge is 0.307 e. The average molecular weight is 396 g/mol. The summed E-state index contributed by atoms with van der Waals surface area (Å²) in [5.74, 6) is 6.23. The normalized spacial score (nSPS) is 14.6. The largest absolute Gasteiger partial charge is 0.493 e. The molecule has 1 atom stereocenters. The fraction of sp³-hybridized carbons (Fsp3) is 0.375. The predicted octanol–water partition coefficient (Wildman–Crippen LogP) is 4.85. The van der Waals surface area contributed by atoms with Gasteiger partial charge in [0, 0.05) is 5.56 Å². The molecule has 0 radical (unpaired) electrons. The first-order chi connectivity index (χ1) is 14.1. The molecule has 2 aromatic rings. The van der Waals surface area contributed by atoms with E-state index in [0.29, 0.717) is 17.1 Å². The van der Waals surface area contributed by atoms with Gasteiger partial charge in [0.2, 0.25) is 0 Å². The SMILES string of the molecule is COC(=O)CC(C#Cc1cccc(F)c1)c1ccc(OC)c(OC2CCCC2)c1. The molecule has 0 saturated heterocycles. The van der Waals surface area contributed by atoms with E-state index in [4.69, 9.17) is 14.2 Å². The molecule has 0 N–H and O–H groups in total. The van der Waals surface area contributed by atoms with E-state index in [0.717, 1.165) is 31.2 Å². The topological polar surface area (TPSA) is 44.8 Å². The highest BCUT2D eigenvalue weighted by Gasteiger charge is 2.21. The Morgan fingerprint density at radius 1 is 1.14 bits per heavy atom. The number of benzene rings is 2. The van der Waals surface area contributed by atoms with E-state index in [2.05, 4.69) is 11.8 Å². The van der Waals surface area contributed by atoms with Crippen LogP contribution in [0, 0.1) is 17.7 Å². The van der Waals surface area contributed by atoms with Crippen molar-refractivity contribution in [1.29, 1.82) is 0 Å². The second-order valence-corrected chi connectivity index (χ2v) is 7.05. The zero-order chi connectivity index (χ0) is 20.6. The maximum Gasteiger partial charge on any atom is 0.307 e. The molecule has 1 fully saturated rings. The van der Waals surface area contributed by atoms with Crippen molar-refractivity contribution in [3.8, 4) is 23.3 Å². The minimum Gasteiger partial charge on any atom is -0.493 e. The van der Waals surface area contributed by atoms with Crippen LogP contribution in [0.4, 0.5) is 4.39 Å². The molecule has 29 heavy (non-hydrogen) atoms. The third kappa shape index (κ3) is 5.74. The highest BCUT2D eigenvalue weighted by molar-refractivity contribution is 5.71. The van der Waals surface area contributed by atoms with Crippen LogP contribution in [-0.4, -0.2) is 26.3 Å². The molecular formula is C24H25FO4. The van der Waals surface area contributed by atoms with Crippen LogP contribution in [0.5, 0.6) is 11.5 Å². The molecule has 5 heteroatoms. The van der Waals surface area contributed by atoms with Crippen LogP contribution < -0.4 is 9.47 Å². The Morgan fingerprint density at radius 2 is 1.93 bits per heavy atom. The van der Waals surface area contributed by atoms with Gasteiger partial charge >= 0.3 is 5.97 Å². The number of hydrogen-bond donors (Lipinski definition) is 0. The zero-order valence-corrected chi connectivity index (χ0v) is 16.7. The van der Waals surface area contributed by atoms with E-state index in [9.17, 15) is 9.18 Å². The van der Waals surface area contributed by atoms with Crippen LogP contribution in [0.2, 0.25) is 0 Å². The van der Waals surface area contributed by atoms with Gasteiger partial charge in [-0.25, -0.2) is 4.39 Å². The molecule has 152 valence electrons. The molecule has 0 heterocycles. The Bertz CT molecular complexity index is 907. The van der Waals surface area contributed by atoms with Gasteiger partial charge in [0.15, 0.2) is 11.5 Å². The van der Waals surface area contributed by atoms with Gasteiger partial charge in [-0.2, -0.15) is 0 Å². The third-order valence-electron chi connectivity index (χ3n) is 5.00. The average Bonchev–Trinajstić information content (AvgIpc) is 3.24. The molecule has 3 rings (SSSR count). The Hall–Kier alpha value is -3.00. The van der Waals surface area contributed by atoms with E-state index >= 15 is 0 Å². The highest BCUT2D eigenvalue weighted by Crippen LogP contribution is 2.35. The van der Waals surface area contributed by atoms with Crippen LogP contribution >= 0.6 is 0 Å². The van der Waals surface area contributed by atoms with Gasteiger partial charge in [0.05, 0.1) is 32.7 Å². The van der Waals surface area contributed by atoms with E-state index < -0.39 is 5.92 Å². The quantitative estimate of drug-likeness (QED) is 0.517. The molecule has 0 aliphatic heterocycles. The molecular weight excluding hydrogens is 371 g/mol. The maximum atomic E-state index is 13.4. The number of halogens is 1. The van der Waals surface area contributed by atoms with Gasteiger partial charge in [0.25, 0.3) is 0 Å². The first kappa shape index (κ1) is 20.7. The summed E-state index contributed by atoms with van der Waals surface area (Å²) in [6, 6.07) is 11.6. The molecule has 0 spiro atoms. The number of methoxy groups -OCH3 is 2. The van der Waals surface area contributed by atoms with E-state index in [-0.39, 0.29) is 24.3 Å². The standard InChI is InChI=1S/C24H25FO4/c1-27-22-13-12-18(15-23(22)29-21-8-3-4-9-21)19(16-24(26)28-2)11-10-17-6-5-7-20(25)14-17/h5-7,12-15,19,21H,3-4,8-9,16H2,1-2H3. The minimum atomic E-state index is -0.414. The predicted molar refractivity (Wildman–Crippen MR) is 109 cm³/mol. The summed E-state index contributed by atoms with van der Waals surface area (Å²) in [5.41, 5.74) is 1.38. The number of carbonyl (C=O) groups is 1. The Balaban J connectivity index is 1.91. The highest BCUT2D eigenvalue weighted by atomic mass is 19.1. The summed E-state index contributed by atoms with van der Waals surface area (Å²) in [6.45, 7) is 0. The fourth-order valence-corrected chi connectivity index (χ4v) is 3.43. The number of carbonyl (C=O) groups excluding carboxylic acids is 1. The van der Waals surface area contributed by atoms with Crippen molar-refractivity contribution in [2.24, 2.45) is 0 Å². The van der Waals surface area contributed by atoms with Crippen molar-refractivity contribution in [2.75, 3.05) is 14.2 Å². The molecule has 0 bridgehead atoms. The Kier molecular flexibility index (Phi) is 7.13. The second kappa shape index (κ2) is 9.97. The lowest BCUT2D eigenvalue weighted by molar-refractivity contribution is -0.140. The van der Waals surface area contributed by atoms with E-state index in [1.807, 2.05) is 18.2 Å². The van der Waals surface area contributed by atoms with Gasteiger partial charge in [0.1, 0.15) is 5.82 Å². The summed E-state index contributed by atoms with van der Waals surface area (Å²) >= 11 is 0. The molecule has 0 amide bonds. The van der Waals surface area contributed by atoms with Crippen LogP contribution in [0.25, 0.3) is 0 Å². The number of esters is 1. The summed E-state index contributed by atoms with van der Waals surface area (Å²) in [6.07, 6.45) is 4.65. The molecule has 1 unspecified atom stereocenters. The lowest BCUT2D eigenvalue weighted by atomic mass is 9.95. The van der Waals surface area contributed by atoms with Crippen molar-refractivity contribution in [1.82, 2.24) is 0 Å². The van der Waals surface area contributed by atoms with Gasteiger partial charge < -0.3 is 14.2 Å². The number of rotatable bonds is 6. The van der Waals surface area contributed by atoms with Crippen LogP contribution in [0.15, 0.2) is 42.5 Å². The second-order valence-electron chi connectivity index (χ2n) is 7.05. The molecule has 0 aromatic heterocycles. The number of ether oxygens (including phenoxy) is 3. The van der Waals surface area contributed by atoms with Crippen molar-refractivity contribution in [3.05, 3.63) is 59.4 Å². The molecule has 4 nitrogen and oxygen atoms in total. The van der Waals surface area contributed by atoms with Crippen LogP contribution in [0.3, 0.4) is 0 Å². The molecule has 1 saturated carbocycles. The van der Waals surface area contributed by atoms with Crippen LogP contribution in [-0.2, 0) is 9.53 Å². The van der Waals surface area contributed by atoms with Gasteiger partial charge in [-0.3, -0.25) is 4.79 Å². The van der Waals surface area contributed by atoms with Crippen molar-refractivity contribution < 1.29 is 23.4 Å². The van der Waals surface area contributed by atoms with Crippen LogP contribution in [0.1, 0.15) is 49.1 Å². The Morgan fingerprint density at radius 3 is 2.62 bits per heavy atom. The summed E-state index contributed by atoms with van der Waals surface area (Å²) in [7, 11) is 2.95. The minimum absolute atomic E-state index is 0.0913. The van der Waals surface area contributed by atoms with Gasteiger partial charge in [-0.05, 0) is 61.6 Å². The zero-order valence-electron chi connectivity index (χ0n) is 16.7. The fourth-order valence-electron chi connectivity index (χ4n) is 3.43. The van der Waals surface area contributed by atoms with Crippen molar-refractivity contribution in [3.63, 3.8) is 0 Å². The third-order valence-corrected chi connectivity index (χ3v) is 5.00. The van der Waals surface area contributed by atoms with Gasteiger partial charge in [-0.15, -0.1) is 0 Å². The molecule has 1 aliphatic rings. The monoisotopic (exact) mass is 396 g/mol. The van der Waals surface area contributed by atoms with Crippen molar-refractivity contribution in [2.45, 2.75) is 44.1 Å². The lowest BCUT2D eigenvalue weighted by Gasteiger charge is -2.18.